The minimum Gasteiger partial charge on any atom is -0.432 e. The molecule has 74 heavy (non-hydrogen) atoms. The first-order valence-corrected chi connectivity index (χ1v) is 26.4. The average molecular weight is 1190 g/mol. The molecule has 1 radical (unpaired) electrons. The van der Waals surface area contributed by atoms with Gasteiger partial charge in [0.25, 0.3) is 5.69 Å². The number of nitro groups is 1. The van der Waals surface area contributed by atoms with E-state index < -0.39 is 7.05 Å². The molecule has 0 aromatic heterocycles. The van der Waals surface area contributed by atoms with Crippen molar-refractivity contribution < 1.29 is 57.0 Å². The zero-order valence-corrected chi connectivity index (χ0v) is 49.3. The molecule has 0 spiro atoms. The van der Waals surface area contributed by atoms with Gasteiger partial charge in [-0.15, -0.1) is 40.0 Å². The number of nitrogens with zero attached hydrogens (tertiary/aromatic N) is 2. The largest absolute Gasteiger partial charge is 0.432 e. The molecular formula is C60H58BBrCl3N2O6Y-. The Morgan fingerprint density at radius 2 is 1.23 bits per heavy atom. The number of aryl methyl sites for hydroxylation is 3. The van der Waals surface area contributed by atoms with E-state index in [4.69, 9.17) is 34.8 Å². The van der Waals surface area contributed by atoms with Crippen LogP contribution in [0.1, 0.15) is 111 Å². The summed E-state index contributed by atoms with van der Waals surface area (Å²) in [5, 5.41) is 29.3. The van der Waals surface area contributed by atoms with E-state index in [1.54, 1.807) is 55.8 Å². The Balaban J connectivity index is 0.000000180. The zero-order chi connectivity index (χ0) is 53.1. The van der Waals surface area contributed by atoms with Crippen molar-refractivity contribution in [3.63, 3.8) is 0 Å². The van der Waals surface area contributed by atoms with Crippen LogP contribution in [0, 0.1) is 23.1 Å². The third-order valence-corrected chi connectivity index (χ3v) is 15.2. The van der Waals surface area contributed by atoms with Crippen molar-refractivity contribution in [3.8, 4) is 0 Å². The summed E-state index contributed by atoms with van der Waals surface area (Å²) < 4.78 is 0.886. The van der Waals surface area contributed by atoms with Gasteiger partial charge in [-0.25, -0.2) is 0 Å². The summed E-state index contributed by atoms with van der Waals surface area (Å²) in [5.74, 6) is 1.91. The van der Waals surface area contributed by atoms with E-state index >= 15 is 0 Å². The molecule has 0 saturated heterocycles. The van der Waals surface area contributed by atoms with Gasteiger partial charge in [-0.1, -0.05) is 83.9 Å². The summed E-state index contributed by atoms with van der Waals surface area (Å²) >= 11 is 20.7. The fourth-order valence-corrected chi connectivity index (χ4v) is 10.7. The number of carbonyl (C=O) groups excluding carboxylic acids is 3. The molecule has 8 aromatic rings. The first kappa shape index (κ1) is 60.1. The molecule has 379 valence electrons. The van der Waals surface area contributed by atoms with Gasteiger partial charge in [0.05, 0.1) is 10.3 Å². The summed E-state index contributed by atoms with van der Waals surface area (Å²) in [6.45, 7) is 10.4. The van der Waals surface area contributed by atoms with Gasteiger partial charge >= 0.3 is 7.05 Å². The van der Waals surface area contributed by atoms with Crippen LogP contribution in [0.5, 0.6) is 0 Å². The second-order valence-corrected chi connectivity index (χ2v) is 20.0. The van der Waals surface area contributed by atoms with E-state index in [0.29, 0.717) is 34.2 Å². The number of anilines is 1. The number of Topliss-reactive ketones (excluding diaryl/α,β-unsaturated/α-hetero) is 3. The van der Waals surface area contributed by atoms with Crippen LogP contribution >= 0.6 is 50.7 Å². The van der Waals surface area contributed by atoms with Crippen molar-refractivity contribution in [2.45, 2.75) is 79.0 Å². The summed E-state index contributed by atoms with van der Waals surface area (Å²) in [5.41, 5.74) is 10.6. The van der Waals surface area contributed by atoms with E-state index in [1.807, 2.05) is 74.6 Å². The van der Waals surface area contributed by atoms with Crippen LogP contribution in [0.4, 0.5) is 11.4 Å². The molecule has 2 unspecified atom stereocenters. The number of carbonyl (C=O) groups is 3. The summed E-state index contributed by atoms with van der Waals surface area (Å²) in [7, 11) is 1.25. The Hall–Kier alpha value is -4.77. The number of benzene rings is 8. The zero-order valence-electron chi connectivity index (χ0n) is 42.6. The van der Waals surface area contributed by atoms with Crippen LogP contribution in [0.25, 0.3) is 43.1 Å². The number of hydrogen-bond acceptors (Lipinski definition) is 7. The van der Waals surface area contributed by atoms with E-state index in [2.05, 4.69) is 65.3 Å². The molecule has 0 bridgehead atoms. The topological polar surface area (TPSA) is 118 Å². The quantitative estimate of drug-likeness (QED) is 0.0402. The molecule has 14 heteroatoms. The molecule has 2 aliphatic rings. The minimum absolute atomic E-state index is 0. The monoisotopic (exact) mass is 1190 g/mol. The standard InChI is InChI=1S/C16H14ClNO3.C16H15ClO.C14H15BBrNO2.C11H9.C3H5Cl.Y/c1-9(19)10-4-5-13-14(6-10)16-11(2-3-12(16)8-17)7-15(13)18(20)21;1-10(18)13-6-3-11-2-4-12-5-7-14(9-17)16(12)15(11)8-13;1-9(18)11-5-4-10-6-7-13(17(3)15(2)19)14(16)12(10)8-11;1-9-6-7-10-4-2-3-5-11(10)8-9;1-2-3-4;/h4-7,12H,2-3,8H2,1H3;2-4,6,8,14H,5,7,9H2,1H3;4-8,19H,1-3H3;2,4-8H,1H3;2-3H,1H3;/q;;;-1;;/b;;;;3-2-;. The second-order valence-electron chi connectivity index (χ2n) is 18.3. The van der Waals surface area contributed by atoms with Crippen LogP contribution in [-0.2, 0) is 45.6 Å². The SMILES string of the molecule is C/C=C\Cl.CB(O)N(C)c1ccc2ccc(C(C)=O)cc2c1Br.CC(=O)c1ccc2c([N+](=O)[O-])cc3c(c2c1)C(CCl)CC3.CC(=O)c1ccc2ccc3c(c2c1)C(CCl)CC3.Cc1ccc2cc[c-]cc2c1.[Y]. The van der Waals surface area contributed by atoms with Gasteiger partial charge in [-0.3, -0.25) is 24.5 Å². The Morgan fingerprint density at radius 3 is 1.78 bits per heavy atom. The number of ketones is 3. The summed E-state index contributed by atoms with van der Waals surface area (Å²) in [6.07, 6.45) is 5.70. The van der Waals surface area contributed by atoms with Gasteiger partial charge in [-0.2, -0.15) is 24.3 Å². The average Bonchev–Trinajstić information content (AvgIpc) is 4.03. The van der Waals surface area contributed by atoms with E-state index in [9.17, 15) is 29.5 Å². The molecule has 8 nitrogen and oxygen atoms in total. The summed E-state index contributed by atoms with van der Waals surface area (Å²) in [4.78, 5) is 47.3. The number of halogens is 4. The van der Waals surface area contributed by atoms with Crippen molar-refractivity contribution in [1.29, 1.82) is 0 Å². The van der Waals surface area contributed by atoms with Crippen LogP contribution in [-0.4, -0.2) is 53.2 Å². The van der Waals surface area contributed by atoms with Crippen molar-refractivity contribution >= 4 is 130 Å². The van der Waals surface area contributed by atoms with Crippen molar-refractivity contribution in [1.82, 2.24) is 0 Å². The predicted molar refractivity (Wildman–Crippen MR) is 310 cm³/mol. The molecule has 1 N–H and O–H groups in total. The van der Waals surface area contributed by atoms with Crippen LogP contribution < -0.4 is 4.81 Å². The first-order chi connectivity index (χ1) is 34.9. The Morgan fingerprint density at radius 1 is 0.730 bits per heavy atom. The molecule has 0 aliphatic heterocycles. The molecule has 0 heterocycles. The maximum Gasteiger partial charge on any atom is 0.409 e. The van der Waals surface area contributed by atoms with Crippen LogP contribution in [0.2, 0.25) is 6.82 Å². The minimum atomic E-state index is -0.579. The molecule has 10 rings (SSSR count). The Bertz CT molecular complexity index is 3380. The van der Waals surface area contributed by atoms with E-state index in [1.165, 1.54) is 50.7 Å². The molecule has 8 aromatic carbocycles. The van der Waals surface area contributed by atoms with Gasteiger partial charge in [0.1, 0.15) is 0 Å². The number of allylic oxidation sites excluding steroid dienone is 1. The van der Waals surface area contributed by atoms with Gasteiger partial charge < -0.3 is 9.83 Å². The van der Waals surface area contributed by atoms with Gasteiger partial charge in [0.2, 0.25) is 0 Å². The van der Waals surface area contributed by atoms with Gasteiger partial charge in [0, 0.05) is 77.4 Å². The van der Waals surface area contributed by atoms with Crippen molar-refractivity contribution in [2.75, 3.05) is 23.6 Å². The van der Waals surface area contributed by atoms with Crippen molar-refractivity contribution in [3.05, 3.63) is 198 Å². The summed E-state index contributed by atoms with van der Waals surface area (Å²) in [6, 6.07) is 42.2. The molecule has 0 saturated carbocycles. The molecule has 2 aliphatic carbocycles. The second kappa shape index (κ2) is 27.8. The van der Waals surface area contributed by atoms with Gasteiger partial charge in [0.15, 0.2) is 17.3 Å². The number of alkyl halides is 2. The Labute approximate surface area is 483 Å². The van der Waals surface area contributed by atoms with Crippen molar-refractivity contribution in [2.24, 2.45) is 0 Å². The molecular weight excluding hydrogens is 1130 g/mol. The number of fused-ring (bicyclic) bond motifs is 8. The van der Waals surface area contributed by atoms with E-state index in [0.717, 1.165) is 68.7 Å². The van der Waals surface area contributed by atoms with E-state index in [-0.39, 0.29) is 66.6 Å². The first-order valence-electron chi connectivity index (χ1n) is 24.1. The predicted octanol–water partition coefficient (Wildman–Crippen LogP) is 16.6. The fraction of sp³-hybridized carbons (Fsp3) is 0.250. The number of hydrogen-bond donors (Lipinski definition) is 1. The number of non-ortho nitro benzene ring substituents is 1. The number of rotatable bonds is 8. The fourth-order valence-electron chi connectivity index (χ4n) is 9.32. The smallest absolute Gasteiger partial charge is 0.409 e. The molecule has 0 fully saturated rings. The molecule has 0 amide bonds. The Kier molecular flexibility index (Phi) is 22.6. The maximum absolute atomic E-state index is 11.6. The maximum atomic E-state index is 11.6. The molecule has 2 atom stereocenters. The third kappa shape index (κ3) is 14.4. The van der Waals surface area contributed by atoms with Crippen LogP contribution in [0.15, 0.2) is 137 Å². The number of nitro benzene ring substituents is 1. The normalized spacial score (nSPS) is 13.9. The third-order valence-electron chi connectivity index (χ3n) is 13.4. The van der Waals surface area contributed by atoms with Crippen LogP contribution in [0.3, 0.4) is 0 Å². The van der Waals surface area contributed by atoms with Gasteiger partial charge in [-0.05, 0) is 187 Å².